The first-order valence-corrected chi connectivity index (χ1v) is 4.33. The van der Waals surface area contributed by atoms with Crippen molar-refractivity contribution in [2.45, 2.75) is 6.61 Å². The smallest absolute Gasteiger partial charge is 0.129 e. The SMILES string of the molecule is OCc1ccco1.Oc1cccc(O)c1. The molecular formula is C11H12O4. The molecule has 4 heteroatoms. The third kappa shape index (κ3) is 4.19. The number of rotatable bonds is 1. The molecule has 0 aliphatic heterocycles. The zero-order valence-electron chi connectivity index (χ0n) is 8.00. The van der Waals surface area contributed by atoms with E-state index in [1.165, 1.54) is 24.5 Å². The fraction of sp³-hybridized carbons (Fsp3) is 0.0909. The molecular weight excluding hydrogens is 196 g/mol. The maximum Gasteiger partial charge on any atom is 0.129 e. The molecule has 0 spiro atoms. The molecule has 0 saturated heterocycles. The van der Waals surface area contributed by atoms with Gasteiger partial charge in [0, 0.05) is 6.07 Å². The number of aliphatic hydroxyl groups excluding tert-OH is 1. The second-order valence-corrected chi connectivity index (χ2v) is 2.76. The number of hydrogen-bond donors (Lipinski definition) is 3. The van der Waals surface area contributed by atoms with E-state index in [0.717, 1.165) is 0 Å². The van der Waals surface area contributed by atoms with Gasteiger partial charge in [-0.05, 0) is 24.3 Å². The van der Waals surface area contributed by atoms with Gasteiger partial charge in [-0.2, -0.15) is 0 Å². The molecule has 0 radical (unpaired) electrons. The van der Waals surface area contributed by atoms with Crippen LogP contribution in [0.3, 0.4) is 0 Å². The Morgan fingerprint density at radius 1 is 1.00 bits per heavy atom. The minimum absolute atomic E-state index is 0.00694. The monoisotopic (exact) mass is 208 g/mol. The summed E-state index contributed by atoms with van der Waals surface area (Å²) < 4.78 is 4.73. The first-order valence-electron chi connectivity index (χ1n) is 4.33. The molecule has 1 aromatic carbocycles. The topological polar surface area (TPSA) is 73.8 Å². The van der Waals surface area contributed by atoms with Gasteiger partial charge in [-0.25, -0.2) is 0 Å². The Morgan fingerprint density at radius 3 is 1.93 bits per heavy atom. The predicted octanol–water partition coefficient (Wildman–Crippen LogP) is 1.87. The average molecular weight is 208 g/mol. The van der Waals surface area contributed by atoms with Crippen LogP contribution in [0.1, 0.15) is 5.76 Å². The second kappa shape index (κ2) is 5.72. The summed E-state index contributed by atoms with van der Waals surface area (Å²) in [6.45, 7) is -0.00694. The highest BCUT2D eigenvalue weighted by molar-refractivity contribution is 5.30. The third-order valence-electron chi connectivity index (χ3n) is 1.57. The van der Waals surface area contributed by atoms with Crippen molar-refractivity contribution in [2.75, 3.05) is 0 Å². The summed E-state index contributed by atoms with van der Waals surface area (Å²) in [4.78, 5) is 0. The van der Waals surface area contributed by atoms with E-state index in [1.807, 2.05) is 0 Å². The van der Waals surface area contributed by atoms with Crippen molar-refractivity contribution < 1.29 is 19.7 Å². The molecule has 0 unspecified atom stereocenters. The van der Waals surface area contributed by atoms with Crippen molar-refractivity contribution in [1.29, 1.82) is 0 Å². The van der Waals surface area contributed by atoms with Crippen LogP contribution < -0.4 is 0 Å². The molecule has 0 fully saturated rings. The Hall–Kier alpha value is -1.94. The highest BCUT2D eigenvalue weighted by Gasteiger charge is 1.86. The summed E-state index contributed by atoms with van der Waals surface area (Å²) in [6.07, 6.45) is 1.53. The minimum Gasteiger partial charge on any atom is -0.508 e. The average Bonchev–Trinajstić information content (AvgIpc) is 2.70. The van der Waals surface area contributed by atoms with Crippen LogP contribution in [0.15, 0.2) is 47.1 Å². The molecule has 2 aromatic rings. The lowest BCUT2D eigenvalue weighted by molar-refractivity contribution is 0.247. The van der Waals surface area contributed by atoms with E-state index < -0.39 is 0 Å². The summed E-state index contributed by atoms with van der Waals surface area (Å²) in [6, 6.07) is 9.32. The summed E-state index contributed by atoms with van der Waals surface area (Å²) in [5.74, 6) is 0.787. The van der Waals surface area contributed by atoms with Crippen LogP contribution in [0, 0.1) is 0 Å². The molecule has 0 bridgehead atoms. The molecule has 15 heavy (non-hydrogen) atoms. The Kier molecular flexibility index (Phi) is 4.25. The largest absolute Gasteiger partial charge is 0.508 e. The molecule has 0 aliphatic rings. The molecule has 2 rings (SSSR count). The fourth-order valence-corrected chi connectivity index (χ4v) is 0.896. The summed E-state index contributed by atoms with van der Waals surface area (Å²) >= 11 is 0. The van der Waals surface area contributed by atoms with Crippen molar-refractivity contribution in [2.24, 2.45) is 0 Å². The van der Waals surface area contributed by atoms with E-state index in [1.54, 1.807) is 18.2 Å². The number of furan rings is 1. The van der Waals surface area contributed by atoms with Crippen LogP contribution in [0.2, 0.25) is 0 Å². The highest BCUT2D eigenvalue weighted by Crippen LogP contribution is 2.14. The molecule has 3 N–H and O–H groups in total. The van der Waals surface area contributed by atoms with Crippen LogP contribution >= 0.6 is 0 Å². The quantitative estimate of drug-likeness (QED) is 0.668. The number of aliphatic hydroxyl groups is 1. The number of phenols is 2. The van der Waals surface area contributed by atoms with Crippen LogP contribution in [-0.4, -0.2) is 15.3 Å². The first kappa shape index (κ1) is 11.1. The van der Waals surface area contributed by atoms with E-state index in [9.17, 15) is 0 Å². The zero-order valence-corrected chi connectivity index (χ0v) is 8.00. The summed E-state index contributed by atoms with van der Waals surface area (Å²) in [5, 5.41) is 25.6. The van der Waals surface area contributed by atoms with Gasteiger partial charge in [0.05, 0.1) is 6.26 Å². The Labute approximate surface area is 87.0 Å². The van der Waals surface area contributed by atoms with Gasteiger partial charge in [0.15, 0.2) is 0 Å². The summed E-state index contributed by atoms with van der Waals surface area (Å²) in [5.41, 5.74) is 0. The van der Waals surface area contributed by atoms with Crippen LogP contribution in [-0.2, 0) is 6.61 Å². The van der Waals surface area contributed by atoms with Gasteiger partial charge in [-0.15, -0.1) is 0 Å². The molecule has 1 aromatic heterocycles. The normalized spacial score (nSPS) is 9.13. The second-order valence-electron chi connectivity index (χ2n) is 2.76. The lowest BCUT2D eigenvalue weighted by Gasteiger charge is -1.89. The van der Waals surface area contributed by atoms with E-state index in [4.69, 9.17) is 19.7 Å². The maximum atomic E-state index is 8.65. The lowest BCUT2D eigenvalue weighted by atomic mass is 10.3. The predicted molar refractivity (Wildman–Crippen MR) is 54.4 cm³/mol. The summed E-state index contributed by atoms with van der Waals surface area (Å²) in [7, 11) is 0. The maximum absolute atomic E-state index is 8.65. The molecule has 0 atom stereocenters. The van der Waals surface area contributed by atoms with Crippen molar-refractivity contribution in [3.63, 3.8) is 0 Å². The van der Waals surface area contributed by atoms with Gasteiger partial charge in [0.1, 0.15) is 23.9 Å². The highest BCUT2D eigenvalue weighted by atomic mass is 16.4. The van der Waals surface area contributed by atoms with Crippen LogP contribution in [0.25, 0.3) is 0 Å². The Morgan fingerprint density at radius 2 is 1.67 bits per heavy atom. The van der Waals surface area contributed by atoms with E-state index in [-0.39, 0.29) is 18.1 Å². The van der Waals surface area contributed by atoms with Gasteiger partial charge in [0.25, 0.3) is 0 Å². The van der Waals surface area contributed by atoms with Gasteiger partial charge < -0.3 is 19.7 Å². The number of phenolic OH excluding ortho intramolecular Hbond substituents is 2. The number of benzene rings is 1. The van der Waals surface area contributed by atoms with Gasteiger partial charge >= 0.3 is 0 Å². The first-order chi connectivity index (χ1) is 7.22. The van der Waals surface area contributed by atoms with Crippen LogP contribution in [0.5, 0.6) is 11.5 Å². The molecule has 0 aliphatic carbocycles. The lowest BCUT2D eigenvalue weighted by Crippen LogP contribution is -1.72. The van der Waals surface area contributed by atoms with E-state index in [2.05, 4.69) is 0 Å². The third-order valence-corrected chi connectivity index (χ3v) is 1.57. The van der Waals surface area contributed by atoms with Gasteiger partial charge in [-0.3, -0.25) is 0 Å². The molecule has 0 amide bonds. The van der Waals surface area contributed by atoms with Crippen molar-refractivity contribution in [3.05, 3.63) is 48.4 Å². The fourth-order valence-electron chi connectivity index (χ4n) is 0.896. The Balaban J connectivity index is 0.000000151. The van der Waals surface area contributed by atoms with Crippen molar-refractivity contribution in [3.8, 4) is 11.5 Å². The van der Waals surface area contributed by atoms with Gasteiger partial charge in [0.2, 0.25) is 0 Å². The standard InChI is InChI=1S/C6H6O2.C5H6O2/c7-5-2-1-3-6(8)4-5;6-4-5-2-1-3-7-5/h1-4,7-8H;1-3,6H,4H2. The molecule has 1 heterocycles. The van der Waals surface area contributed by atoms with Crippen molar-refractivity contribution in [1.82, 2.24) is 0 Å². The van der Waals surface area contributed by atoms with Crippen LogP contribution in [0.4, 0.5) is 0 Å². The number of hydrogen-bond acceptors (Lipinski definition) is 4. The number of aromatic hydroxyl groups is 2. The minimum atomic E-state index is -0.00694. The Bertz CT molecular complexity index is 364. The molecule has 0 saturated carbocycles. The van der Waals surface area contributed by atoms with E-state index in [0.29, 0.717) is 5.76 Å². The van der Waals surface area contributed by atoms with E-state index >= 15 is 0 Å². The molecule has 80 valence electrons. The van der Waals surface area contributed by atoms with Crippen molar-refractivity contribution >= 4 is 0 Å². The molecule has 4 nitrogen and oxygen atoms in total. The zero-order chi connectivity index (χ0) is 11.1. The van der Waals surface area contributed by atoms with Gasteiger partial charge in [-0.1, -0.05) is 6.07 Å².